The monoisotopic (exact) mass is 461 g/mol. The lowest BCUT2D eigenvalue weighted by molar-refractivity contribution is -0.129. The zero-order valence-corrected chi connectivity index (χ0v) is 19.1. The lowest BCUT2D eigenvalue weighted by Gasteiger charge is -2.15. The van der Waals surface area contributed by atoms with Crippen molar-refractivity contribution in [3.8, 4) is 29.3 Å². The van der Waals surface area contributed by atoms with Gasteiger partial charge in [0.05, 0.1) is 12.2 Å². The molecule has 7 nitrogen and oxygen atoms in total. The highest BCUT2D eigenvalue weighted by molar-refractivity contribution is 5.98. The summed E-state index contributed by atoms with van der Waals surface area (Å²) in [4.78, 5) is 30.6. The van der Waals surface area contributed by atoms with Gasteiger partial charge in [-0.1, -0.05) is 30.2 Å². The first-order chi connectivity index (χ1) is 17.0. The van der Waals surface area contributed by atoms with Crippen LogP contribution in [0, 0.1) is 12.3 Å². The van der Waals surface area contributed by atoms with E-state index in [1.807, 2.05) is 48.7 Å². The van der Waals surface area contributed by atoms with Crippen molar-refractivity contribution >= 4 is 23.6 Å². The van der Waals surface area contributed by atoms with Gasteiger partial charge in [-0.3, -0.25) is 14.6 Å². The SMILES string of the molecule is C#Cc1cccc(NC(=O)CN(C)C(=O)/C=C/c2cn(-c3ccccc3)nc2-c2cccnc2)c1. The van der Waals surface area contributed by atoms with Crippen molar-refractivity contribution < 1.29 is 9.59 Å². The van der Waals surface area contributed by atoms with Gasteiger partial charge in [0, 0.05) is 54.1 Å². The Hall–Kier alpha value is -4.96. The molecular weight excluding hydrogens is 438 g/mol. The number of amides is 2. The number of anilines is 1. The quantitative estimate of drug-likeness (QED) is 0.333. The zero-order valence-electron chi connectivity index (χ0n) is 19.1. The maximum Gasteiger partial charge on any atom is 0.246 e. The minimum Gasteiger partial charge on any atom is -0.333 e. The molecule has 2 heterocycles. The van der Waals surface area contributed by atoms with E-state index in [9.17, 15) is 9.59 Å². The fraction of sp³-hybridized carbons (Fsp3) is 0.0714. The fourth-order valence-corrected chi connectivity index (χ4v) is 3.42. The maximum absolute atomic E-state index is 12.7. The van der Waals surface area contributed by atoms with Crippen molar-refractivity contribution in [2.24, 2.45) is 0 Å². The molecule has 0 bridgehead atoms. The molecule has 0 saturated carbocycles. The first kappa shape index (κ1) is 23.2. The molecule has 4 rings (SSSR count). The van der Waals surface area contributed by atoms with Crippen molar-refractivity contribution in [3.63, 3.8) is 0 Å². The van der Waals surface area contributed by atoms with Gasteiger partial charge in [-0.15, -0.1) is 6.42 Å². The Labute approximate surface area is 203 Å². The lowest BCUT2D eigenvalue weighted by Crippen LogP contribution is -2.33. The van der Waals surface area contributed by atoms with Crippen LogP contribution in [0.4, 0.5) is 5.69 Å². The molecule has 0 atom stereocenters. The van der Waals surface area contributed by atoms with Crippen LogP contribution >= 0.6 is 0 Å². The molecule has 35 heavy (non-hydrogen) atoms. The van der Waals surface area contributed by atoms with Crippen molar-refractivity contribution in [1.29, 1.82) is 0 Å². The number of para-hydroxylation sites is 1. The summed E-state index contributed by atoms with van der Waals surface area (Å²) in [7, 11) is 1.57. The van der Waals surface area contributed by atoms with E-state index in [0.717, 1.165) is 16.8 Å². The van der Waals surface area contributed by atoms with Gasteiger partial charge in [0.1, 0.15) is 5.69 Å². The number of terminal acetylenes is 1. The van der Waals surface area contributed by atoms with Crippen LogP contribution in [-0.2, 0) is 9.59 Å². The number of rotatable bonds is 7. The molecule has 0 aliphatic rings. The molecule has 1 N–H and O–H groups in total. The molecule has 0 aliphatic heterocycles. The second-order valence-corrected chi connectivity index (χ2v) is 7.76. The number of carbonyl (C=O) groups is 2. The normalized spacial score (nSPS) is 10.6. The van der Waals surface area contributed by atoms with Gasteiger partial charge >= 0.3 is 0 Å². The van der Waals surface area contributed by atoms with Crippen molar-refractivity contribution in [1.82, 2.24) is 19.7 Å². The summed E-state index contributed by atoms with van der Waals surface area (Å²) >= 11 is 0. The van der Waals surface area contributed by atoms with Crippen LogP contribution in [0.1, 0.15) is 11.1 Å². The average molecular weight is 462 g/mol. The first-order valence-electron chi connectivity index (χ1n) is 10.9. The molecule has 0 saturated heterocycles. The van der Waals surface area contributed by atoms with Crippen LogP contribution < -0.4 is 5.32 Å². The van der Waals surface area contributed by atoms with Gasteiger partial charge in [0.25, 0.3) is 0 Å². The molecule has 0 radical (unpaired) electrons. The van der Waals surface area contributed by atoms with Crippen molar-refractivity contribution in [2.45, 2.75) is 0 Å². The maximum atomic E-state index is 12.7. The van der Waals surface area contributed by atoms with E-state index in [2.05, 4.69) is 16.2 Å². The molecular formula is C28H23N5O2. The lowest BCUT2D eigenvalue weighted by atomic mass is 10.1. The third kappa shape index (κ3) is 5.89. The van der Waals surface area contributed by atoms with Gasteiger partial charge in [-0.05, 0) is 48.5 Å². The number of aromatic nitrogens is 3. The minimum absolute atomic E-state index is 0.109. The molecule has 2 aromatic heterocycles. The summed E-state index contributed by atoms with van der Waals surface area (Å²) in [6, 6.07) is 20.4. The van der Waals surface area contributed by atoms with E-state index in [1.54, 1.807) is 54.5 Å². The largest absolute Gasteiger partial charge is 0.333 e. The van der Waals surface area contributed by atoms with Crippen LogP contribution in [0.25, 0.3) is 23.0 Å². The molecule has 172 valence electrons. The van der Waals surface area contributed by atoms with E-state index in [0.29, 0.717) is 16.9 Å². The predicted molar refractivity (Wildman–Crippen MR) is 136 cm³/mol. The Morgan fingerprint density at radius 3 is 2.69 bits per heavy atom. The van der Waals surface area contributed by atoms with Crippen molar-refractivity contribution in [3.05, 3.63) is 103 Å². The van der Waals surface area contributed by atoms with Gasteiger partial charge < -0.3 is 10.2 Å². The number of pyridine rings is 1. The van der Waals surface area contributed by atoms with Gasteiger partial charge in [-0.25, -0.2) is 4.68 Å². The standard InChI is InChI=1S/C28H23N5O2/c1-3-21-9-7-11-24(17-21)30-26(34)20-32(2)27(35)15-14-23-19-33(25-12-5-4-6-13-25)31-28(23)22-10-8-16-29-18-22/h1,4-19H,20H2,2H3,(H,30,34)/b15-14+. The fourth-order valence-electron chi connectivity index (χ4n) is 3.42. The Morgan fingerprint density at radius 2 is 1.94 bits per heavy atom. The van der Waals surface area contributed by atoms with E-state index in [-0.39, 0.29) is 18.4 Å². The minimum atomic E-state index is -0.323. The Balaban J connectivity index is 1.49. The predicted octanol–water partition coefficient (Wildman–Crippen LogP) is 4.03. The summed E-state index contributed by atoms with van der Waals surface area (Å²) in [5.74, 6) is 1.88. The molecule has 0 fully saturated rings. The zero-order chi connectivity index (χ0) is 24.6. The van der Waals surface area contributed by atoms with E-state index in [1.165, 1.54) is 11.0 Å². The van der Waals surface area contributed by atoms with Gasteiger partial charge in [0.2, 0.25) is 11.8 Å². The topological polar surface area (TPSA) is 80.1 Å². The highest BCUT2D eigenvalue weighted by Crippen LogP contribution is 2.24. The van der Waals surface area contributed by atoms with Crippen LogP contribution in [0.5, 0.6) is 0 Å². The Morgan fingerprint density at radius 1 is 1.11 bits per heavy atom. The number of nitrogens with zero attached hydrogens (tertiary/aromatic N) is 4. The van der Waals surface area contributed by atoms with E-state index < -0.39 is 0 Å². The second kappa shape index (κ2) is 10.8. The van der Waals surface area contributed by atoms with Crippen LogP contribution in [0.3, 0.4) is 0 Å². The molecule has 0 unspecified atom stereocenters. The molecule has 2 amide bonds. The number of benzene rings is 2. The van der Waals surface area contributed by atoms with Crippen molar-refractivity contribution in [2.75, 3.05) is 18.9 Å². The van der Waals surface area contributed by atoms with E-state index in [4.69, 9.17) is 11.5 Å². The molecule has 0 aliphatic carbocycles. The summed E-state index contributed by atoms with van der Waals surface area (Å²) in [6.07, 6.45) is 13.8. The third-order valence-corrected chi connectivity index (χ3v) is 5.17. The third-order valence-electron chi connectivity index (χ3n) is 5.17. The highest BCUT2D eigenvalue weighted by atomic mass is 16.2. The second-order valence-electron chi connectivity index (χ2n) is 7.76. The summed E-state index contributed by atoms with van der Waals surface area (Å²) in [5, 5.41) is 7.46. The van der Waals surface area contributed by atoms with Crippen LogP contribution in [0.15, 0.2) is 91.4 Å². The summed E-state index contributed by atoms with van der Waals surface area (Å²) in [5.41, 5.74) is 4.41. The number of likely N-dealkylation sites (N-methyl/N-ethyl adjacent to an activating group) is 1. The Kier molecular flexibility index (Phi) is 7.14. The molecule has 7 heteroatoms. The number of nitrogens with one attached hydrogen (secondary N) is 1. The number of hydrogen-bond acceptors (Lipinski definition) is 4. The average Bonchev–Trinajstić information content (AvgIpc) is 3.32. The summed E-state index contributed by atoms with van der Waals surface area (Å²) in [6.45, 7) is -0.109. The van der Waals surface area contributed by atoms with Gasteiger partial charge in [-0.2, -0.15) is 5.10 Å². The smallest absolute Gasteiger partial charge is 0.246 e. The van der Waals surface area contributed by atoms with Crippen LogP contribution in [0.2, 0.25) is 0 Å². The molecule has 4 aromatic rings. The summed E-state index contributed by atoms with van der Waals surface area (Å²) < 4.78 is 1.76. The number of carbonyl (C=O) groups excluding carboxylic acids is 2. The highest BCUT2D eigenvalue weighted by Gasteiger charge is 2.14. The van der Waals surface area contributed by atoms with Crippen LogP contribution in [-0.4, -0.2) is 45.1 Å². The Bertz CT molecular complexity index is 1400. The number of hydrogen-bond donors (Lipinski definition) is 1. The molecule has 0 spiro atoms. The molecule has 2 aromatic carbocycles. The van der Waals surface area contributed by atoms with Gasteiger partial charge in [0.15, 0.2) is 0 Å². The van der Waals surface area contributed by atoms with E-state index >= 15 is 0 Å². The first-order valence-corrected chi connectivity index (χ1v) is 10.9.